The van der Waals surface area contributed by atoms with E-state index in [1.807, 2.05) is 0 Å². The number of primary amides is 1. The minimum absolute atomic E-state index is 0.251. The zero-order valence-corrected chi connectivity index (χ0v) is 7.60. The molecule has 1 rings (SSSR count). The van der Waals surface area contributed by atoms with Gasteiger partial charge in [0.05, 0.1) is 5.92 Å². The molecule has 1 atom stereocenters. The molecular weight excluding hydrogens is 188 g/mol. The molecule has 6 heteroatoms. The maximum atomic E-state index is 11.2. The Morgan fingerprint density at radius 1 is 1.43 bits per heavy atom. The molecule has 78 valence electrons. The third kappa shape index (κ3) is 2.45. The second kappa shape index (κ2) is 4.08. The summed E-state index contributed by atoms with van der Waals surface area (Å²) in [4.78, 5) is 33.6. The molecule has 0 saturated carbocycles. The summed E-state index contributed by atoms with van der Waals surface area (Å²) in [7, 11) is 0. The fourth-order valence-corrected chi connectivity index (χ4v) is 1.46. The van der Waals surface area contributed by atoms with Gasteiger partial charge in [0, 0.05) is 13.1 Å². The quantitative estimate of drug-likeness (QED) is 0.558. The highest BCUT2D eigenvalue weighted by Gasteiger charge is 2.30. The van der Waals surface area contributed by atoms with E-state index in [1.165, 1.54) is 4.90 Å². The van der Waals surface area contributed by atoms with Crippen LogP contribution < -0.4 is 5.73 Å². The van der Waals surface area contributed by atoms with E-state index in [0.717, 1.165) is 0 Å². The van der Waals surface area contributed by atoms with Gasteiger partial charge in [0.1, 0.15) is 6.42 Å². The Labute approximate surface area is 80.7 Å². The maximum Gasteiger partial charge on any atom is 0.312 e. The Hall–Kier alpha value is -1.59. The van der Waals surface area contributed by atoms with Crippen LogP contribution in [-0.4, -0.2) is 40.9 Å². The maximum absolute atomic E-state index is 11.2. The van der Waals surface area contributed by atoms with Gasteiger partial charge in [-0.15, -0.1) is 0 Å². The van der Waals surface area contributed by atoms with Gasteiger partial charge in [-0.25, -0.2) is 0 Å². The van der Waals surface area contributed by atoms with E-state index in [-0.39, 0.29) is 12.5 Å². The Morgan fingerprint density at radius 2 is 2.07 bits per heavy atom. The smallest absolute Gasteiger partial charge is 0.312 e. The number of rotatable bonds is 3. The molecule has 0 aliphatic carbocycles. The molecule has 14 heavy (non-hydrogen) atoms. The minimum atomic E-state index is -1.16. The highest BCUT2D eigenvalue weighted by atomic mass is 16.4. The molecule has 0 bridgehead atoms. The first-order chi connectivity index (χ1) is 6.50. The van der Waals surface area contributed by atoms with E-state index >= 15 is 0 Å². The summed E-state index contributed by atoms with van der Waals surface area (Å²) < 4.78 is 0. The molecule has 0 aromatic heterocycles. The molecule has 1 heterocycles. The van der Waals surface area contributed by atoms with Crippen LogP contribution >= 0.6 is 0 Å². The molecule has 3 N–H and O–H groups in total. The fourth-order valence-electron chi connectivity index (χ4n) is 1.46. The van der Waals surface area contributed by atoms with Crippen LogP contribution in [0.25, 0.3) is 0 Å². The van der Waals surface area contributed by atoms with Gasteiger partial charge in [0.25, 0.3) is 0 Å². The number of carbonyl (C=O) groups excluding carboxylic acids is 2. The van der Waals surface area contributed by atoms with Crippen LogP contribution in [0.3, 0.4) is 0 Å². The summed E-state index contributed by atoms with van der Waals surface area (Å²) in [5.41, 5.74) is 5.07. The van der Waals surface area contributed by atoms with E-state index in [9.17, 15) is 14.4 Å². The van der Waals surface area contributed by atoms with Gasteiger partial charge in [-0.1, -0.05) is 0 Å². The van der Waals surface area contributed by atoms with Gasteiger partial charge >= 0.3 is 5.97 Å². The molecule has 1 aliphatic rings. The summed E-state index contributed by atoms with van der Waals surface area (Å²) in [5.74, 6) is -2.37. The van der Waals surface area contributed by atoms with Crippen molar-refractivity contribution >= 4 is 17.8 Å². The van der Waals surface area contributed by atoms with E-state index in [1.54, 1.807) is 0 Å². The lowest BCUT2D eigenvalue weighted by atomic mass is 10.1. The number of nitrogens with zero attached hydrogens (tertiary/aromatic N) is 1. The number of likely N-dealkylation sites (tertiary alicyclic amines) is 1. The highest BCUT2D eigenvalue weighted by Crippen LogP contribution is 2.16. The van der Waals surface area contributed by atoms with Crippen LogP contribution in [0.15, 0.2) is 0 Å². The van der Waals surface area contributed by atoms with Crippen molar-refractivity contribution in [3.63, 3.8) is 0 Å². The molecule has 1 unspecified atom stereocenters. The van der Waals surface area contributed by atoms with Crippen molar-refractivity contribution in [1.29, 1.82) is 0 Å². The van der Waals surface area contributed by atoms with Crippen LogP contribution in [0.4, 0.5) is 0 Å². The van der Waals surface area contributed by atoms with Crippen molar-refractivity contribution in [3.8, 4) is 0 Å². The lowest BCUT2D eigenvalue weighted by molar-refractivity contribution is -0.143. The molecule has 2 amide bonds. The second-order valence-electron chi connectivity index (χ2n) is 3.30. The predicted octanol–water partition coefficient (Wildman–Crippen LogP) is -1.21. The SMILES string of the molecule is NC(=O)C1CCN(C(=O)CC(=O)O)C1. The Morgan fingerprint density at radius 3 is 2.50 bits per heavy atom. The standard InChI is InChI=1S/C8H12N2O4/c9-8(14)5-1-2-10(4-5)6(11)3-7(12)13/h5H,1-4H2,(H2,9,14)(H,12,13). The van der Waals surface area contributed by atoms with Crippen LogP contribution in [0.2, 0.25) is 0 Å². The van der Waals surface area contributed by atoms with Gasteiger partial charge in [0.2, 0.25) is 11.8 Å². The summed E-state index contributed by atoms with van der Waals surface area (Å²) >= 11 is 0. The van der Waals surface area contributed by atoms with Crippen LogP contribution in [0.5, 0.6) is 0 Å². The molecule has 6 nitrogen and oxygen atoms in total. The number of carbonyl (C=O) groups is 3. The first-order valence-corrected chi connectivity index (χ1v) is 4.29. The first-order valence-electron chi connectivity index (χ1n) is 4.29. The van der Waals surface area contributed by atoms with Crippen molar-refractivity contribution < 1.29 is 19.5 Å². The first kappa shape index (κ1) is 10.5. The third-order valence-corrected chi connectivity index (χ3v) is 2.25. The lowest BCUT2D eigenvalue weighted by Crippen LogP contribution is -2.32. The molecule has 0 radical (unpaired) electrons. The van der Waals surface area contributed by atoms with Gasteiger partial charge in [-0.3, -0.25) is 14.4 Å². The lowest BCUT2D eigenvalue weighted by Gasteiger charge is -2.14. The number of amides is 2. The van der Waals surface area contributed by atoms with Crippen LogP contribution in [-0.2, 0) is 14.4 Å². The topological polar surface area (TPSA) is 101 Å². The second-order valence-corrected chi connectivity index (χ2v) is 3.30. The van der Waals surface area contributed by atoms with Crippen molar-refractivity contribution in [2.24, 2.45) is 11.7 Å². The largest absolute Gasteiger partial charge is 0.481 e. The van der Waals surface area contributed by atoms with Crippen molar-refractivity contribution in [2.45, 2.75) is 12.8 Å². The van der Waals surface area contributed by atoms with E-state index in [0.29, 0.717) is 13.0 Å². The summed E-state index contributed by atoms with van der Waals surface area (Å²) in [6.45, 7) is 0.668. The average molecular weight is 200 g/mol. The fraction of sp³-hybridized carbons (Fsp3) is 0.625. The zero-order chi connectivity index (χ0) is 10.7. The molecule has 0 aromatic carbocycles. The minimum Gasteiger partial charge on any atom is -0.481 e. The van der Waals surface area contributed by atoms with Crippen molar-refractivity contribution in [2.75, 3.05) is 13.1 Å². The monoisotopic (exact) mass is 200 g/mol. The molecular formula is C8H12N2O4. The normalized spacial score (nSPS) is 20.9. The molecule has 1 aliphatic heterocycles. The summed E-state index contributed by atoms with van der Waals surface area (Å²) in [5, 5.41) is 8.38. The molecule has 0 spiro atoms. The van der Waals surface area contributed by atoms with E-state index in [4.69, 9.17) is 10.8 Å². The zero-order valence-electron chi connectivity index (χ0n) is 7.60. The molecule has 1 fully saturated rings. The number of nitrogens with two attached hydrogens (primary N) is 1. The van der Waals surface area contributed by atoms with Gasteiger partial charge in [-0.05, 0) is 6.42 Å². The van der Waals surface area contributed by atoms with E-state index in [2.05, 4.69) is 0 Å². The van der Waals surface area contributed by atoms with Crippen molar-refractivity contribution in [1.82, 2.24) is 4.90 Å². The average Bonchev–Trinajstić information content (AvgIpc) is 2.50. The summed E-state index contributed by atoms with van der Waals surface area (Å²) in [6.07, 6.45) is 0.00613. The van der Waals surface area contributed by atoms with E-state index < -0.39 is 24.2 Å². The van der Waals surface area contributed by atoms with Crippen molar-refractivity contribution in [3.05, 3.63) is 0 Å². The third-order valence-electron chi connectivity index (χ3n) is 2.25. The van der Waals surface area contributed by atoms with Gasteiger partial charge in [0.15, 0.2) is 0 Å². The number of aliphatic carboxylic acids is 1. The summed E-state index contributed by atoms with van der Waals surface area (Å²) in [6, 6.07) is 0. The Balaban J connectivity index is 2.45. The predicted molar refractivity (Wildman–Crippen MR) is 46.1 cm³/mol. The Kier molecular flexibility index (Phi) is 3.06. The van der Waals surface area contributed by atoms with Gasteiger partial charge in [-0.2, -0.15) is 0 Å². The number of hydrogen-bond donors (Lipinski definition) is 2. The van der Waals surface area contributed by atoms with Crippen LogP contribution in [0.1, 0.15) is 12.8 Å². The number of carboxylic acid groups (broad SMARTS) is 1. The van der Waals surface area contributed by atoms with Gasteiger partial charge < -0.3 is 15.7 Å². The Bertz CT molecular complexity index is 277. The number of carboxylic acids is 1. The number of hydrogen-bond acceptors (Lipinski definition) is 3. The molecule has 0 aromatic rings. The highest BCUT2D eigenvalue weighted by molar-refractivity contribution is 5.93. The molecule has 1 saturated heterocycles. The van der Waals surface area contributed by atoms with Crippen LogP contribution in [0, 0.1) is 5.92 Å².